The third-order valence-corrected chi connectivity index (χ3v) is 3.96. The number of carbonyl (C=O) groups is 2. The van der Waals surface area contributed by atoms with Crippen molar-refractivity contribution in [2.24, 2.45) is 0 Å². The van der Waals surface area contributed by atoms with Gasteiger partial charge in [-0.3, -0.25) is 9.59 Å². The first-order valence-corrected chi connectivity index (χ1v) is 8.48. The van der Waals surface area contributed by atoms with Crippen LogP contribution < -0.4 is 10.6 Å². The van der Waals surface area contributed by atoms with E-state index in [0.29, 0.717) is 26.1 Å². The summed E-state index contributed by atoms with van der Waals surface area (Å²) in [6, 6.07) is -0.341. The molecule has 0 spiro atoms. The van der Waals surface area contributed by atoms with E-state index in [2.05, 4.69) is 17.6 Å². The summed E-state index contributed by atoms with van der Waals surface area (Å²) < 4.78 is 0. The molecule has 0 aromatic rings. The minimum atomic E-state index is -0.341. The summed E-state index contributed by atoms with van der Waals surface area (Å²) in [6.07, 6.45) is 7.63. The van der Waals surface area contributed by atoms with Gasteiger partial charge >= 0.3 is 0 Å². The lowest BCUT2D eigenvalue weighted by molar-refractivity contribution is -0.141. The molecule has 0 aromatic heterocycles. The highest BCUT2D eigenvalue weighted by Gasteiger charge is 2.31. The zero-order valence-corrected chi connectivity index (χ0v) is 13.6. The maximum atomic E-state index is 12.3. The van der Waals surface area contributed by atoms with Crippen molar-refractivity contribution in [3.05, 3.63) is 0 Å². The summed E-state index contributed by atoms with van der Waals surface area (Å²) in [5, 5.41) is 6.01. The lowest BCUT2D eigenvalue weighted by atomic mass is 10.1. The monoisotopic (exact) mass is 297 g/mol. The van der Waals surface area contributed by atoms with E-state index in [1.807, 2.05) is 6.92 Å². The van der Waals surface area contributed by atoms with Gasteiger partial charge in [-0.2, -0.15) is 0 Å². The summed E-state index contributed by atoms with van der Waals surface area (Å²) in [5.74, 6) is 0.0873. The molecule has 0 bridgehead atoms. The Morgan fingerprint density at radius 2 is 1.86 bits per heavy atom. The molecule has 2 amide bonds. The molecule has 0 aromatic carbocycles. The highest BCUT2D eigenvalue weighted by molar-refractivity contribution is 5.88. The van der Waals surface area contributed by atoms with Crippen LogP contribution in [0.3, 0.4) is 0 Å². The number of hydrogen-bond donors (Lipinski definition) is 2. The smallest absolute Gasteiger partial charge is 0.244 e. The largest absolute Gasteiger partial charge is 0.355 e. The van der Waals surface area contributed by atoms with Crippen LogP contribution in [0.25, 0.3) is 0 Å². The summed E-state index contributed by atoms with van der Waals surface area (Å²) in [6.45, 7) is 6.68. The van der Waals surface area contributed by atoms with Crippen LogP contribution in [-0.2, 0) is 9.59 Å². The van der Waals surface area contributed by atoms with E-state index in [4.69, 9.17) is 0 Å². The quantitative estimate of drug-likeness (QED) is 0.637. The first kappa shape index (κ1) is 18.0. The molecule has 1 aliphatic heterocycles. The minimum absolute atomic E-state index is 0.0407. The molecule has 122 valence electrons. The number of piperazine rings is 1. The zero-order valence-electron chi connectivity index (χ0n) is 13.6. The predicted molar refractivity (Wildman–Crippen MR) is 85.0 cm³/mol. The highest BCUT2D eigenvalue weighted by atomic mass is 16.2. The Bertz CT molecular complexity index is 321. The van der Waals surface area contributed by atoms with E-state index in [0.717, 1.165) is 19.4 Å². The van der Waals surface area contributed by atoms with E-state index < -0.39 is 0 Å². The van der Waals surface area contributed by atoms with E-state index in [1.165, 1.54) is 25.7 Å². The van der Waals surface area contributed by atoms with Gasteiger partial charge in [0.05, 0.1) is 0 Å². The minimum Gasteiger partial charge on any atom is -0.355 e. The number of nitrogens with one attached hydrogen (secondary N) is 2. The van der Waals surface area contributed by atoms with E-state index in [-0.39, 0.29) is 17.9 Å². The Morgan fingerprint density at radius 3 is 2.57 bits per heavy atom. The molecule has 0 aliphatic carbocycles. The van der Waals surface area contributed by atoms with Gasteiger partial charge in [0.15, 0.2) is 0 Å². The van der Waals surface area contributed by atoms with Crippen LogP contribution in [0.2, 0.25) is 0 Å². The number of unbranched alkanes of at least 4 members (excludes halogenated alkanes) is 5. The van der Waals surface area contributed by atoms with E-state index >= 15 is 0 Å². The van der Waals surface area contributed by atoms with Crippen LogP contribution in [-0.4, -0.2) is 48.9 Å². The van der Waals surface area contributed by atoms with Gasteiger partial charge in [-0.25, -0.2) is 0 Å². The van der Waals surface area contributed by atoms with Crippen molar-refractivity contribution in [1.29, 1.82) is 0 Å². The highest BCUT2D eigenvalue weighted by Crippen LogP contribution is 2.11. The predicted octanol–water partition coefficient (Wildman–Crippen LogP) is 1.67. The first-order valence-electron chi connectivity index (χ1n) is 8.48. The summed E-state index contributed by atoms with van der Waals surface area (Å²) in [7, 11) is 0. The lowest BCUT2D eigenvalue weighted by Gasteiger charge is -2.35. The second-order valence-electron chi connectivity index (χ2n) is 5.72. The topological polar surface area (TPSA) is 61.4 Å². The van der Waals surface area contributed by atoms with Crippen molar-refractivity contribution in [3.63, 3.8) is 0 Å². The average molecular weight is 297 g/mol. The Kier molecular flexibility index (Phi) is 9.06. The Morgan fingerprint density at radius 1 is 1.14 bits per heavy atom. The normalized spacial score (nSPS) is 18.6. The molecule has 1 unspecified atom stereocenters. The molecule has 0 saturated carbocycles. The zero-order chi connectivity index (χ0) is 15.5. The maximum absolute atomic E-state index is 12.3. The van der Waals surface area contributed by atoms with Crippen molar-refractivity contribution in [3.8, 4) is 0 Å². The average Bonchev–Trinajstić information content (AvgIpc) is 2.50. The van der Waals surface area contributed by atoms with Crippen molar-refractivity contribution in [1.82, 2.24) is 15.5 Å². The number of amides is 2. The van der Waals surface area contributed by atoms with Crippen LogP contribution in [0.1, 0.15) is 58.8 Å². The molecular weight excluding hydrogens is 266 g/mol. The van der Waals surface area contributed by atoms with Crippen molar-refractivity contribution >= 4 is 11.8 Å². The second kappa shape index (κ2) is 10.6. The van der Waals surface area contributed by atoms with Gasteiger partial charge in [0, 0.05) is 32.6 Å². The molecule has 2 N–H and O–H groups in total. The van der Waals surface area contributed by atoms with Gasteiger partial charge in [0.25, 0.3) is 0 Å². The summed E-state index contributed by atoms with van der Waals surface area (Å²) in [4.78, 5) is 26.1. The third kappa shape index (κ3) is 6.46. The van der Waals surface area contributed by atoms with Gasteiger partial charge in [-0.1, -0.05) is 39.0 Å². The molecule has 1 aliphatic rings. The Hall–Kier alpha value is -1.10. The van der Waals surface area contributed by atoms with Gasteiger partial charge in [0.1, 0.15) is 6.04 Å². The first-order chi connectivity index (χ1) is 10.2. The Balaban J connectivity index is 2.33. The third-order valence-electron chi connectivity index (χ3n) is 3.96. The van der Waals surface area contributed by atoms with E-state index in [9.17, 15) is 9.59 Å². The molecule has 5 heteroatoms. The molecule has 1 fully saturated rings. The number of hydrogen-bond acceptors (Lipinski definition) is 3. The van der Waals surface area contributed by atoms with Crippen LogP contribution in [0, 0.1) is 0 Å². The molecular formula is C16H31N3O2. The van der Waals surface area contributed by atoms with E-state index in [1.54, 1.807) is 4.90 Å². The van der Waals surface area contributed by atoms with Crippen LogP contribution in [0.5, 0.6) is 0 Å². The fraction of sp³-hybridized carbons (Fsp3) is 0.875. The molecule has 5 nitrogen and oxygen atoms in total. The fourth-order valence-electron chi connectivity index (χ4n) is 2.73. The molecule has 1 atom stereocenters. The number of likely N-dealkylation sites (N-methyl/N-ethyl adjacent to an activating group) is 1. The summed E-state index contributed by atoms with van der Waals surface area (Å²) >= 11 is 0. The fourth-order valence-corrected chi connectivity index (χ4v) is 2.73. The maximum Gasteiger partial charge on any atom is 0.244 e. The van der Waals surface area contributed by atoms with Crippen molar-refractivity contribution in [2.45, 2.75) is 64.8 Å². The lowest BCUT2D eigenvalue weighted by Crippen LogP contribution is -2.59. The SMILES string of the molecule is CCCCCCCCC(=O)N1CCNCC1C(=O)NCC. The van der Waals surface area contributed by atoms with Crippen molar-refractivity contribution < 1.29 is 9.59 Å². The van der Waals surface area contributed by atoms with Crippen LogP contribution in [0.4, 0.5) is 0 Å². The van der Waals surface area contributed by atoms with Gasteiger partial charge in [-0.05, 0) is 13.3 Å². The molecule has 1 heterocycles. The van der Waals surface area contributed by atoms with Gasteiger partial charge in [0.2, 0.25) is 11.8 Å². The number of carbonyl (C=O) groups excluding carboxylic acids is 2. The standard InChI is InChI=1S/C16H31N3O2/c1-3-5-6-7-8-9-10-15(20)19-12-11-17-13-14(19)16(21)18-4-2/h14,17H,3-13H2,1-2H3,(H,18,21). The second-order valence-corrected chi connectivity index (χ2v) is 5.72. The Labute approximate surface area is 128 Å². The molecule has 1 rings (SSSR count). The summed E-state index contributed by atoms with van der Waals surface area (Å²) in [5.41, 5.74) is 0. The van der Waals surface area contributed by atoms with Gasteiger partial charge in [-0.15, -0.1) is 0 Å². The number of rotatable bonds is 9. The molecule has 21 heavy (non-hydrogen) atoms. The number of nitrogens with zero attached hydrogens (tertiary/aromatic N) is 1. The molecule has 1 saturated heterocycles. The van der Waals surface area contributed by atoms with Crippen LogP contribution >= 0.6 is 0 Å². The molecule has 0 radical (unpaired) electrons. The van der Waals surface area contributed by atoms with Crippen LogP contribution in [0.15, 0.2) is 0 Å². The van der Waals surface area contributed by atoms with Crippen molar-refractivity contribution in [2.75, 3.05) is 26.2 Å². The van der Waals surface area contributed by atoms with Gasteiger partial charge < -0.3 is 15.5 Å².